The van der Waals surface area contributed by atoms with E-state index in [9.17, 15) is 12.8 Å². The molecule has 4 nitrogen and oxygen atoms in total. The summed E-state index contributed by atoms with van der Waals surface area (Å²) in [5, 5.41) is 0. The molecule has 0 saturated heterocycles. The Kier molecular flexibility index (Phi) is 9.68. The molecule has 104 valence electrons. The molecular formula is C11H23FO4S. The summed E-state index contributed by atoms with van der Waals surface area (Å²) in [6.07, 6.45) is 4.60. The van der Waals surface area contributed by atoms with Gasteiger partial charge in [0.15, 0.2) is 0 Å². The van der Waals surface area contributed by atoms with Gasteiger partial charge in [0.05, 0.1) is 18.5 Å². The van der Waals surface area contributed by atoms with Crippen molar-refractivity contribution in [2.45, 2.75) is 51.6 Å². The van der Waals surface area contributed by atoms with Crippen molar-refractivity contribution in [1.82, 2.24) is 0 Å². The van der Waals surface area contributed by atoms with Gasteiger partial charge in [-0.05, 0) is 26.2 Å². The summed E-state index contributed by atoms with van der Waals surface area (Å²) in [5.41, 5.74) is 0. The molecule has 0 aromatic rings. The first-order valence-corrected chi connectivity index (χ1v) is 7.69. The molecule has 0 aromatic carbocycles. The predicted molar refractivity (Wildman–Crippen MR) is 65.5 cm³/mol. The molecule has 0 heterocycles. The highest BCUT2D eigenvalue weighted by molar-refractivity contribution is 7.85. The first-order valence-electron chi connectivity index (χ1n) is 6.08. The normalized spacial score (nSPS) is 13.8. The Hall–Kier alpha value is -0.200. The minimum absolute atomic E-state index is 0.164. The first-order chi connectivity index (χ1) is 7.95. The van der Waals surface area contributed by atoms with Gasteiger partial charge in [-0.3, -0.25) is 8.94 Å². The fraction of sp³-hybridized carbons (Fsp3) is 1.00. The molecule has 0 fully saturated rings. The molecule has 1 atom stereocenters. The number of hydrogen-bond acceptors (Lipinski definition) is 3. The van der Waals surface area contributed by atoms with Crippen LogP contribution >= 0.6 is 0 Å². The van der Waals surface area contributed by atoms with E-state index in [0.29, 0.717) is 19.4 Å². The van der Waals surface area contributed by atoms with E-state index in [-0.39, 0.29) is 18.5 Å². The van der Waals surface area contributed by atoms with E-state index < -0.39 is 10.1 Å². The van der Waals surface area contributed by atoms with Crippen LogP contribution in [-0.2, 0) is 14.9 Å². The van der Waals surface area contributed by atoms with E-state index in [1.54, 1.807) is 6.92 Å². The third-order valence-corrected chi connectivity index (χ3v) is 3.21. The van der Waals surface area contributed by atoms with Gasteiger partial charge in [-0.2, -0.15) is 8.42 Å². The maximum absolute atomic E-state index is 11.8. The van der Waals surface area contributed by atoms with E-state index in [4.69, 9.17) is 9.29 Å². The molecule has 0 saturated carbocycles. The number of hydrogen-bond donors (Lipinski definition) is 1. The van der Waals surface area contributed by atoms with Crippen LogP contribution in [0, 0.1) is 0 Å². The van der Waals surface area contributed by atoms with Crippen LogP contribution in [0.5, 0.6) is 0 Å². The highest BCUT2D eigenvalue weighted by Crippen LogP contribution is 2.06. The van der Waals surface area contributed by atoms with Crippen molar-refractivity contribution >= 4 is 10.1 Å². The van der Waals surface area contributed by atoms with Gasteiger partial charge >= 0.3 is 0 Å². The summed E-state index contributed by atoms with van der Waals surface area (Å²) in [7, 11) is -3.88. The van der Waals surface area contributed by atoms with Crippen molar-refractivity contribution in [3.63, 3.8) is 0 Å². The monoisotopic (exact) mass is 270 g/mol. The van der Waals surface area contributed by atoms with Gasteiger partial charge in [-0.25, -0.2) is 0 Å². The van der Waals surface area contributed by atoms with Crippen molar-refractivity contribution < 1.29 is 22.1 Å². The summed E-state index contributed by atoms with van der Waals surface area (Å²) in [4.78, 5) is 0. The Balaban J connectivity index is 3.30. The minimum Gasteiger partial charge on any atom is -0.378 e. The zero-order chi connectivity index (χ0) is 13.1. The van der Waals surface area contributed by atoms with Crippen molar-refractivity contribution in [3.05, 3.63) is 0 Å². The lowest BCUT2D eigenvalue weighted by atomic mass is 10.1. The molecule has 0 spiro atoms. The largest absolute Gasteiger partial charge is 0.378 e. The second-order valence-electron chi connectivity index (χ2n) is 4.21. The summed E-state index contributed by atoms with van der Waals surface area (Å²) >= 11 is 0. The Bertz CT molecular complexity index is 267. The van der Waals surface area contributed by atoms with E-state index in [2.05, 4.69) is 0 Å². The molecule has 1 unspecified atom stereocenters. The standard InChI is InChI=1S/C11H23FO4S/c1-11(7-10-17(13,14)15)16-9-6-4-2-3-5-8-12/h11H,2-10H2,1H3,(H,13,14,15). The van der Waals surface area contributed by atoms with Crippen LogP contribution in [0.15, 0.2) is 0 Å². The average molecular weight is 270 g/mol. The fourth-order valence-electron chi connectivity index (χ4n) is 1.41. The number of halogens is 1. The van der Waals surface area contributed by atoms with Crippen LogP contribution in [0.2, 0.25) is 0 Å². The number of unbranched alkanes of at least 4 members (excludes halogenated alkanes) is 4. The minimum atomic E-state index is -3.88. The summed E-state index contributed by atoms with van der Waals surface area (Å²) in [6, 6.07) is 0. The van der Waals surface area contributed by atoms with Gasteiger partial charge in [0.25, 0.3) is 10.1 Å². The molecule has 6 heteroatoms. The average Bonchev–Trinajstić information content (AvgIpc) is 2.24. The van der Waals surface area contributed by atoms with Gasteiger partial charge < -0.3 is 4.74 Å². The summed E-state index contributed by atoms with van der Waals surface area (Å²) < 4.78 is 46.7. The van der Waals surface area contributed by atoms with Crippen LogP contribution in [0.25, 0.3) is 0 Å². The van der Waals surface area contributed by atoms with Crippen molar-refractivity contribution in [2.24, 2.45) is 0 Å². The molecule has 0 amide bonds. The van der Waals surface area contributed by atoms with Crippen molar-refractivity contribution in [1.29, 1.82) is 0 Å². The summed E-state index contributed by atoms with van der Waals surface area (Å²) in [6.45, 7) is 2.12. The van der Waals surface area contributed by atoms with E-state index in [1.807, 2.05) is 0 Å². The predicted octanol–water partition coefficient (Wildman–Crippen LogP) is 2.59. The van der Waals surface area contributed by atoms with E-state index in [1.165, 1.54) is 0 Å². The smallest absolute Gasteiger partial charge is 0.264 e. The zero-order valence-corrected chi connectivity index (χ0v) is 11.2. The molecule has 0 radical (unpaired) electrons. The molecule has 0 bridgehead atoms. The topological polar surface area (TPSA) is 63.6 Å². The Morgan fingerprint density at radius 1 is 1.18 bits per heavy atom. The summed E-state index contributed by atoms with van der Waals surface area (Å²) in [5.74, 6) is -0.259. The zero-order valence-electron chi connectivity index (χ0n) is 10.4. The van der Waals surface area contributed by atoms with Crippen LogP contribution in [0.3, 0.4) is 0 Å². The van der Waals surface area contributed by atoms with Crippen molar-refractivity contribution in [2.75, 3.05) is 19.0 Å². The number of rotatable bonds is 11. The molecule has 0 rings (SSSR count). The Labute approximate surface area is 103 Å². The Morgan fingerprint density at radius 2 is 1.76 bits per heavy atom. The molecule has 0 aromatic heterocycles. The first kappa shape index (κ1) is 16.8. The quantitative estimate of drug-likeness (QED) is 0.463. The maximum Gasteiger partial charge on any atom is 0.264 e. The molecule has 17 heavy (non-hydrogen) atoms. The lowest BCUT2D eigenvalue weighted by Crippen LogP contribution is -2.15. The maximum atomic E-state index is 11.8. The van der Waals surface area contributed by atoms with Crippen LogP contribution < -0.4 is 0 Å². The molecule has 1 N–H and O–H groups in total. The van der Waals surface area contributed by atoms with Crippen molar-refractivity contribution in [3.8, 4) is 0 Å². The lowest BCUT2D eigenvalue weighted by molar-refractivity contribution is 0.0610. The molecule has 0 aliphatic carbocycles. The number of ether oxygens (including phenoxy) is 1. The highest BCUT2D eigenvalue weighted by atomic mass is 32.2. The van der Waals surface area contributed by atoms with Gasteiger partial charge in [0.1, 0.15) is 0 Å². The third kappa shape index (κ3) is 13.7. The molecule has 0 aliphatic rings. The second kappa shape index (κ2) is 9.79. The van der Waals surface area contributed by atoms with Crippen LogP contribution in [0.1, 0.15) is 45.4 Å². The fourth-order valence-corrected chi connectivity index (χ4v) is 2.04. The second-order valence-corrected chi connectivity index (χ2v) is 5.78. The Morgan fingerprint density at radius 3 is 2.35 bits per heavy atom. The van der Waals surface area contributed by atoms with Gasteiger partial charge in [0, 0.05) is 6.61 Å². The third-order valence-electron chi connectivity index (χ3n) is 2.46. The highest BCUT2D eigenvalue weighted by Gasteiger charge is 2.09. The van der Waals surface area contributed by atoms with Gasteiger partial charge in [0.2, 0.25) is 0 Å². The molecule has 0 aliphatic heterocycles. The van der Waals surface area contributed by atoms with E-state index in [0.717, 1.165) is 25.7 Å². The number of alkyl halides is 1. The van der Waals surface area contributed by atoms with Gasteiger partial charge in [-0.15, -0.1) is 0 Å². The lowest BCUT2D eigenvalue weighted by Gasteiger charge is -2.11. The molecular weight excluding hydrogens is 247 g/mol. The van der Waals surface area contributed by atoms with Crippen LogP contribution in [0.4, 0.5) is 4.39 Å². The van der Waals surface area contributed by atoms with E-state index >= 15 is 0 Å². The van der Waals surface area contributed by atoms with Crippen LogP contribution in [-0.4, -0.2) is 38.1 Å². The SMILES string of the molecule is CC(CCS(=O)(=O)O)OCCCCCCCF. The van der Waals surface area contributed by atoms with Gasteiger partial charge in [-0.1, -0.05) is 19.3 Å².